The van der Waals surface area contributed by atoms with Crippen LogP contribution in [0.15, 0.2) is 11.6 Å². The fourth-order valence-corrected chi connectivity index (χ4v) is 12.4. The molecule has 0 aromatic rings. The van der Waals surface area contributed by atoms with Gasteiger partial charge in [0, 0.05) is 38.0 Å². The Hall–Kier alpha value is -0.710. The van der Waals surface area contributed by atoms with Gasteiger partial charge in [0.05, 0.1) is 11.7 Å². The first-order chi connectivity index (χ1) is 17.9. The predicted octanol–water partition coefficient (Wildman–Crippen LogP) is 6.20. The number of hydrogen-bond donors (Lipinski definition) is 0. The number of likely N-dealkylation sites (N-methyl/N-ethyl adjacent to an activating group) is 1. The van der Waals surface area contributed by atoms with E-state index in [4.69, 9.17) is 4.74 Å². The van der Waals surface area contributed by atoms with E-state index in [1.165, 1.54) is 63.6 Å². The summed E-state index contributed by atoms with van der Waals surface area (Å²) in [6.07, 6.45) is 13.5. The Balaban J connectivity index is 1.19. The second-order valence-electron chi connectivity index (χ2n) is 16.5. The largest absolute Gasteiger partial charge is 0.370 e. The Labute approximate surface area is 232 Å². The van der Waals surface area contributed by atoms with E-state index >= 15 is 0 Å². The van der Waals surface area contributed by atoms with Gasteiger partial charge in [-0.05, 0) is 117 Å². The summed E-state index contributed by atoms with van der Waals surface area (Å²) in [5.41, 5.74) is 2.77. The molecule has 2 aliphatic heterocycles. The first-order valence-electron chi connectivity index (χ1n) is 16.2. The summed E-state index contributed by atoms with van der Waals surface area (Å²) in [6.45, 7) is 16.4. The summed E-state index contributed by atoms with van der Waals surface area (Å²) in [4.78, 5) is 17.5. The van der Waals surface area contributed by atoms with Crippen molar-refractivity contribution in [2.45, 2.75) is 110 Å². The fraction of sp³-hybridized carbons (Fsp3) is 0.912. The van der Waals surface area contributed by atoms with Crippen LogP contribution in [0.2, 0.25) is 0 Å². The van der Waals surface area contributed by atoms with Crippen LogP contribution in [0.25, 0.3) is 0 Å². The van der Waals surface area contributed by atoms with E-state index in [1.54, 1.807) is 0 Å². The molecule has 4 saturated carbocycles. The number of carbonyl (C=O) groups excluding carboxylic acids is 1. The van der Waals surface area contributed by atoms with Crippen molar-refractivity contribution < 1.29 is 9.53 Å². The molecule has 0 bridgehead atoms. The van der Waals surface area contributed by atoms with Crippen molar-refractivity contribution in [1.82, 2.24) is 9.80 Å². The molecule has 4 heteroatoms. The normalized spacial score (nSPS) is 55.6. The molecule has 7 aliphatic rings. The molecule has 212 valence electrons. The van der Waals surface area contributed by atoms with E-state index < -0.39 is 0 Å². The van der Waals surface area contributed by atoms with E-state index in [2.05, 4.69) is 64.6 Å². The molecule has 7 rings (SSSR count). The van der Waals surface area contributed by atoms with E-state index in [-0.39, 0.29) is 11.0 Å². The minimum absolute atomic E-state index is 0.0498. The number of rotatable bonds is 3. The maximum atomic E-state index is 12.3. The number of likely N-dealkylation sites (tertiary alicyclic amines) is 1. The quantitative estimate of drug-likeness (QED) is 0.442. The molecule has 38 heavy (non-hydrogen) atoms. The van der Waals surface area contributed by atoms with Crippen molar-refractivity contribution in [3.63, 3.8) is 0 Å². The average Bonchev–Trinajstić information content (AvgIpc) is 3.11. The Bertz CT molecular complexity index is 1040. The van der Waals surface area contributed by atoms with Gasteiger partial charge in [0.15, 0.2) is 5.78 Å². The number of allylic oxidation sites excluding steroid dienone is 2. The summed E-state index contributed by atoms with van der Waals surface area (Å²) in [7, 11) is 4.42. The first-order valence-corrected chi connectivity index (χ1v) is 16.2. The van der Waals surface area contributed by atoms with E-state index in [1.807, 2.05) is 0 Å². The van der Waals surface area contributed by atoms with E-state index in [9.17, 15) is 4.79 Å². The van der Waals surface area contributed by atoms with Crippen LogP contribution in [0.5, 0.6) is 0 Å². The predicted molar refractivity (Wildman–Crippen MR) is 153 cm³/mol. The first kappa shape index (κ1) is 26.2. The number of piperidine rings is 1. The summed E-state index contributed by atoms with van der Waals surface area (Å²) in [5, 5.41) is 0. The number of hydrogen-bond acceptors (Lipinski definition) is 4. The van der Waals surface area contributed by atoms with Crippen molar-refractivity contribution >= 4 is 5.78 Å². The van der Waals surface area contributed by atoms with Crippen LogP contribution in [-0.2, 0) is 9.53 Å². The van der Waals surface area contributed by atoms with Crippen molar-refractivity contribution in [3.05, 3.63) is 11.6 Å². The van der Waals surface area contributed by atoms with Gasteiger partial charge in [0.1, 0.15) is 0 Å². The standard InChI is InChI=1S/C34H54N2O2/c1-21-14-28-30(36(18-21)13-12-35(6)7)23(3)34(38-28)16-22(2)29-26-9-8-24-15-25(37)10-11-32(24,5)27(26)17-33(29)19-31(33,4)20-34/h15,21-23,26-30H,8-14,16-20H2,1-7H3/t21-,22?,23+,26?,27-,28+,29-,30-,31?,32-,33?,34?/m0/s1. The van der Waals surface area contributed by atoms with Crippen LogP contribution < -0.4 is 0 Å². The Morgan fingerprint density at radius 1 is 1.11 bits per heavy atom. The topological polar surface area (TPSA) is 32.8 Å². The monoisotopic (exact) mass is 522 g/mol. The molecular formula is C34H54N2O2. The molecule has 0 aromatic carbocycles. The van der Waals surface area contributed by atoms with Gasteiger partial charge in [-0.3, -0.25) is 9.69 Å². The lowest BCUT2D eigenvalue weighted by Gasteiger charge is -2.49. The van der Waals surface area contributed by atoms with Crippen LogP contribution in [0.3, 0.4) is 0 Å². The zero-order valence-electron chi connectivity index (χ0n) is 25.4. The molecule has 12 atom stereocenters. The van der Waals surface area contributed by atoms with Crippen molar-refractivity contribution in [3.8, 4) is 0 Å². The summed E-state index contributed by atoms with van der Waals surface area (Å²) in [5.74, 6) is 4.91. The SMILES string of the molecule is CC1CC2(CC3(C)CC34C[C@H]3C(CCC5=CC(=O)CC[C@@]53C)[C@H]14)O[C@@H]1C[C@H](C)CN(CCN(C)C)[C@H]1[C@H]2C. The molecule has 0 amide bonds. The van der Waals surface area contributed by atoms with Crippen LogP contribution in [0.1, 0.15) is 92.4 Å². The highest BCUT2D eigenvalue weighted by Gasteiger charge is 2.78. The highest BCUT2D eigenvalue weighted by molar-refractivity contribution is 5.91. The molecule has 2 saturated heterocycles. The fourth-order valence-electron chi connectivity index (χ4n) is 12.4. The third-order valence-corrected chi connectivity index (χ3v) is 14.0. The van der Waals surface area contributed by atoms with Crippen LogP contribution in [-0.4, -0.2) is 67.1 Å². The van der Waals surface area contributed by atoms with Crippen LogP contribution in [0.4, 0.5) is 0 Å². The van der Waals surface area contributed by atoms with Gasteiger partial charge in [-0.2, -0.15) is 0 Å². The van der Waals surface area contributed by atoms with E-state index in [0.29, 0.717) is 34.7 Å². The number of nitrogens with zero attached hydrogens (tertiary/aromatic N) is 2. The highest BCUT2D eigenvalue weighted by atomic mass is 16.5. The van der Waals surface area contributed by atoms with Gasteiger partial charge < -0.3 is 9.64 Å². The molecule has 2 heterocycles. The Morgan fingerprint density at radius 3 is 2.66 bits per heavy atom. The van der Waals surface area contributed by atoms with Gasteiger partial charge in [0.25, 0.3) is 0 Å². The van der Waals surface area contributed by atoms with Gasteiger partial charge in [-0.25, -0.2) is 0 Å². The lowest BCUT2D eigenvalue weighted by Crippen LogP contribution is -2.53. The molecule has 4 nitrogen and oxygen atoms in total. The zero-order chi connectivity index (χ0) is 26.8. The minimum Gasteiger partial charge on any atom is -0.370 e. The second kappa shape index (κ2) is 8.41. The molecule has 5 aliphatic carbocycles. The molecule has 6 fully saturated rings. The lowest BCUT2D eigenvalue weighted by atomic mass is 9.56. The maximum Gasteiger partial charge on any atom is 0.155 e. The van der Waals surface area contributed by atoms with Crippen molar-refractivity contribution in [1.29, 1.82) is 0 Å². The van der Waals surface area contributed by atoms with Crippen LogP contribution in [0, 0.1) is 51.8 Å². The minimum atomic E-state index is 0.0498. The Morgan fingerprint density at radius 2 is 1.89 bits per heavy atom. The lowest BCUT2D eigenvalue weighted by molar-refractivity contribution is -0.116. The van der Waals surface area contributed by atoms with Gasteiger partial charge in [-0.1, -0.05) is 40.2 Å². The summed E-state index contributed by atoms with van der Waals surface area (Å²) in [6, 6.07) is 0.586. The average molecular weight is 523 g/mol. The second-order valence-corrected chi connectivity index (χ2v) is 16.5. The number of ketones is 1. The van der Waals surface area contributed by atoms with Gasteiger partial charge in [0.2, 0.25) is 0 Å². The third-order valence-electron chi connectivity index (χ3n) is 14.0. The molecule has 2 spiro atoms. The maximum absolute atomic E-state index is 12.3. The smallest absolute Gasteiger partial charge is 0.155 e. The highest BCUT2D eigenvalue weighted by Crippen LogP contribution is 2.84. The third kappa shape index (κ3) is 3.47. The molecule has 0 N–H and O–H groups in total. The van der Waals surface area contributed by atoms with Crippen LogP contribution >= 0.6 is 0 Å². The molecular weight excluding hydrogens is 468 g/mol. The van der Waals surface area contributed by atoms with Crippen molar-refractivity contribution in [2.75, 3.05) is 33.7 Å². The van der Waals surface area contributed by atoms with Gasteiger partial charge >= 0.3 is 0 Å². The number of carbonyl (C=O) groups is 1. The number of fused-ring (bicyclic) bond motifs is 5. The molecule has 0 aromatic heterocycles. The Kier molecular flexibility index (Phi) is 5.80. The number of ether oxygens (including phenoxy) is 1. The van der Waals surface area contributed by atoms with Gasteiger partial charge in [-0.15, -0.1) is 0 Å². The summed E-state index contributed by atoms with van der Waals surface area (Å²) >= 11 is 0. The van der Waals surface area contributed by atoms with Crippen molar-refractivity contribution in [2.24, 2.45) is 51.8 Å². The molecule has 0 radical (unpaired) electrons. The summed E-state index contributed by atoms with van der Waals surface area (Å²) < 4.78 is 7.44. The van der Waals surface area contributed by atoms with E-state index in [0.717, 1.165) is 49.0 Å². The zero-order valence-corrected chi connectivity index (χ0v) is 25.4. The molecule has 5 unspecified atom stereocenters.